The van der Waals surface area contributed by atoms with Gasteiger partial charge in [0.2, 0.25) is 5.91 Å². The van der Waals surface area contributed by atoms with Crippen LogP contribution in [0.2, 0.25) is 5.02 Å². The number of halogens is 1. The standard InChI is InChI=1S/C31H29ClN8O4/c1-18-5-4-6-27(23-11-19(9-10-33-23)29-24(37-30(18)42)14-36-38(29)2)40-17-35-22(13-28(40)41)21-12-20(32)7-8-26(21)39-15-25(34-16-39)31(43)44-3/h7-18,27H,4-6H2,1-3H3,(H,37,42). The number of anilines is 1. The van der Waals surface area contributed by atoms with E-state index in [1.165, 1.54) is 32.0 Å². The van der Waals surface area contributed by atoms with Crippen molar-refractivity contribution in [2.75, 3.05) is 12.4 Å². The fourth-order valence-electron chi connectivity index (χ4n) is 5.48. The summed E-state index contributed by atoms with van der Waals surface area (Å²) in [6.45, 7) is 1.89. The topological polar surface area (TPSA) is 139 Å². The molecule has 44 heavy (non-hydrogen) atoms. The number of carbonyl (C=O) groups excluding carboxylic acids is 2. The maximum atomic E-state index is 13.8. The Morgan fingerprint density at radius 3 is 2.70 bits per heavy atom. The summed E-state index contributed by atoms with van der Waals surface area (Å²) < 4.78 is 9.71. The number of carbonyl (C=O) groups is 2. The first-order valence-corrected chi connectivity index (χ1v) is 14.4. The van der Waals surface area contributed by atoms with Crippen LogP contribution in [0.25, 0.3) is 28.2 Å². The van der Waals surface area contributed by atoms with Gasteiger partial charge in [-0.2, -0.15) is 5.10 Å². The van der Waals surface area contributed by atoms with Gasteiger partial charge in [-0.25, -0.2) is 14.8 Å². The van der Waals surface area contributed by atoms with Crippen LogP contribution in [0.3, 0.4) is 0 Å². The van der Waals surface area contributed by atoms with Crippen molar-refractivity contribution in [3.63, 3.8) is 0 Å². The molecule has 13 heteroatoms. The molecule has 1 N–H and O–H groups in total. The highest BCUT2D eigenvalue weighted by Crippen LogP contribution is 2.33. The molecule has 0 fully saturated rings. The number of methoxy groups -OCH3 is 1. The van der Waals surface area contributed by atoms with Gasteiger partial charge in [-0.15, -0.1) is 0 Å². The van der Waals surface area contributed by atoms with Crippen LogP contribution in [0.4, 0.5) is 5.69 Å². The highest BCUT2D eigenvalue weighted by Gasteiger charge is 2.24. The molecule has 1 aliphatic rings. The fourth-order valence-corrected chi connectivity index (χ4v) is 5.65. The van der Waals surface area contributed by atoms with Crippen molar-refractivity contribution < 1.29 is 14.3 Å². The van der Waals surface area contributed by atoms with E-state index in [-0.39, 0.29) is 23.1 Å². The van der Waals surface area contributed by atoms with E-state index in [2.05, 4.69) is 25.4 Å². The average Bonchev–Trinajstić information content (AvgIpc) is 3.65. The van der Waals surface area contributed by atoms with Gasteiger partial charge in [0.15, 0.2) is 5.69 Å². The second kappa shape index (κ2) is 11.9. The number of rotatable bonds is 4. The molecule has 224 valence electrons. The molecule has 5 heterocycles. The van der Waals surface area contributed by atoms with Gasteiger partial charge in [0.25, 0.3) is 5.56 Å². The van der Waals surface area contributed by atoms with E-state index in [1.54, 1.807) is 44.4 Å². The van der Waals surface area contributed by atoms with Gasteiger partial charge in [0.1, 0.15) is 6.33 Å². The van der Waals surface area contributed by atoms with Crippen molar-refractivity contribution in [2.24, 2.45) is 13.0 Å². The number of nitrogens with one attached hydrogen (secondary N) is 1. The van der Waals surface area contributed by atoms with Crippen molar-refractivity contribution in [2.45, 2.75) is 32.2 Å². The Labute approximate surface area is 257 Å². The summed E-state index contributed by atoms with van der Waals surface area (Å²) in [6, 6.07) is 10.00. The number of nitrogens with zero attached hydrogens (tertiary/aromatic N) is 7. The average molecular weight is 613 g/mol. The molecule has 0 aliphatic carbocycles. The lowest BCUT2D eigenvalue weighted by Crippen LogP contribution is -2.27. The summed E-state index contributed by atoms with van der Waals surface area (Å²) in [5, 5.41) is 7.83. The van der Waals surface area contributed by atoms with Crippen molar-refractivity contribution in [1.82, 2.24) is 33.9 Å². The summed E-state index contributed by atoms with van der Waals surface area (Å²) in [7, 11) is 3.10. The number of aryl methyl sites for hydroxylation is 1. The van der Waals surface area contributed by atoms with Crippen molar-refractivity contribution in [3.05, 3.63) is 94.4 Å². The van der Waals surface area contributed by atoms with Gasteiger partial charge in [-0.3, -0.25) is 23.8 Å². The van der Waals surface area contributed by atoms with E-state index >= 15 is 0 Å². The molecular weight excluding hydrogens is 584 g/mol. The zero-order chi connectivity index (χ0) is 31.0. The molecule has 0 saturated heterocycles. The quantitative estimate of drug-likeness (QED) is 0.289. The Kier molecular flexibility index (Phi) is 7.83. The monoisotopic (exact) mass is 612 g/mol. The van der Waals surface area contributed by atoms with Crippen molar-refractivity contribution >= 4 is 29.2 Å². The number of benzene rings is 1. The minimum Gasteiger partial charge on any atom is -0.464 e. The van der Waals surface area contributed by atoms with E-state index in [0.29, 0.717) is 52.6 Å². The third-order valence-electron chi connectivity index (χ3n) is 7.82. The smallest absolute Gasteiger partial charge is 0.358 e. The van der Waals surface area contributed by atoms with Crippen LogP contribution in [0.15, 0.2) is 72.4 Å². The minimum absolute atomic E-state index is 0.0808. The Morgan fingerprint density at radius 2 is 1.91 bits per heavy atom. The minimum atomic E-state index is -0.565. The summed E-state index contributed by atoms with van der Waals surface area (Å²) >= 11 is 6.36. The maximum absolute atomic E-state index is 13.8. The molecule has 0 radical (unpaired) electrons. The number of pyridine rings is 1. The van der Waals surface area contributed by atoms with Gasteiger partial charge in [-0.05, 0) is 43.2 Å². The molecule has 0 spiro atoms. The van der Waals surface area contributed by atoms with Crippen LogP contribution < -0.4 is 10.9 Å². The lowest BCUT2D eigenvalue weighted by molar-refractivity contribution is -0.119. The van der Waals surface area contributed by atoms with Gasteiger partial charge in [0.05, 0.1) is 54.1 Å². The number of aromatic nitrogens is 7. The Bertz CT molecular complexity index is 1940. The predicted octanol–water partition coefficient (Wildman–Crippen LogP) is 4.68. The normalized spacial score (nSPS) is 16.8. The Balaban J connectivity index is 1.42. The van der Waals surface area contributed by atoms with E-state index in [0.717, 1.165) is 11.3 Å². The van der Waals surface area contributed by atoms with Crippen LogP contribution in [-0.4, -0.2) is 52.9 Å². The fraction of sp³-hybridized carbons (Fsp3) is 0.258. The largest absolute Gasteiger partial charge is 0.464 e. The third kappa shape index (κ3) is 5.51. The zero-order valence-corrected chi connectivity index (χ0v) is 25.0. The molecule has 0 saturated carbocycles. The van der Waals surface area contributed by atoms with Crippen LogP contribution in [0.1, 0.15) is 48.4 Å². The molecular formula is C31H29ClN8O4. The number of imidazole rings is 1. The summed E-state index contributed by atoms with van der Waals surface area (Å²) in [4.78, 5) is 52.2. The van der Waals surface area contributed by atoms with E-state index in [9.17, 15) is 14.4 Å². The molecule has 1 aliphatic heterocycles. The SMILES string of the molecule is COC(=O)c1cn(-c2ccc(Cl)cc2-c2cc(=O)n(C3CCCC(C)C(=O)Nc4cnn(C)c4-c4ccnc3c4)cn2)cn1. The number of amides is 1. The molecule has 6 rings (SSSR count). The summed E-state index contributed by atoms with van der Waals surface area (Å²) in [5.41, 5.74) is 4.35. The first kappa shape index (κ1) is 29.0. The molecule has 2 unspecified atom stereocenters. The van der Waals surface area contributed by atoms with Gasteiger partial charge in [-0.1, -0.05) is 24.9 Å². The first-order valence-electron chi connectivity index (χ1n) is 14.0. The van der Waals surface area contributed by atoms with E-state index in [4.69, 9.17) is 16.3 Å². The van der Waals surface area contributed by atoms with Gasteiger partial charge < -0.3 is 14.6 Å². The molecule has 1 aromatic carbocycles. The predicted molar refractivity (Wildman–Crippen MR) is 164 cm³/mol. The first-order chi connectivity index (χ1) is 21.2. The number of hydrogen-bond acceptors (Lipinski definition) is 8. The molecule has 1 amide bonds. The highest BCUT2D eigenvalue weighted by molar-refractivity contribution is 6.31. The van der Waals surface area contributed by atoms with Gasteiger partial charge >= 0.3 is 5.97 Å². The molecule has 12 nitrogen and oxygen atoms in total. The number of esters is 1. The lowest BCUT2D eigenvalue weighted by atomic mass is 9.97. The van der Waals surface area contributed by atoms with Crippen LogP contribution in [-0.2, 0) is 16.6 Å². The lowest BCUT2D eigenvalue weighted by Gasteiger charge is -2.22. The third-order valence-corrected chi connectivity index (χ3v) is 8.05. The summed E-state index contributed by atoms with van der Waals surface area (Å²) in [5.74, 6) is -0.886. The molecule has 4 aromatic heterocycles. The molecule has 2 atom stereocenters. The summed E-state index contributed by atoms with van der Waals surface area (Å²) in [6.07, 6.45) is 9.76. The van der Waals surface area contributed by atoms with Crippen molar-refractivity contribution in [1.29, 1.82) is 0 Å². The van der Waals surface area contributed by atoms with E-state index < -0.39 is 12.0 Å². The zero-order valence-electron chi connectivity index (χ0n) is 24.3. The number of hydrogen-bond donors (Lipinski definition) is 1. The Morgan fingerprint density at radius 1 is 1.07 bits per heavy atom. The molecule has 2 bridgehead atoms. The van der Waals surface area contributed by atoms with Crippen LogP contribution >= 0.6 is 11.6 Å². The van der Waals surface area contributed by atoms with Crippen LogP contribution in [0.5, 0.6) is 0 Å². The molecule has 5 aromatic rings. The maximum Gasteiger partial charge on any atom is 0.358 e. The highest BCUT2D eigenvalue weighted by atomic mass is 35.5. The Hall–Kier alpha value is -5.10. The number of ether oxygens (including phenoxy) is 1. The van der Waals surface area contributed by atoms with Crippen LogP contribution in [0, 0.1) is 5.92 Å². The van der Waals surface area contributed by atoms with Crippen molar-refractivity contribution in [3.8, 4) is 28.2 Å². The van der Waals surface area contributed by atoms with E-state index in [1.807, 2.05) is 26.1 Å². The second-order valence-electron chi connectivity index (χ2n) is 10.7. The number of fused-ring (bicyclic) bond motifs is 4. The van der Waals surface area contributed by atoms with Gasteiger partial charge in [0, 0.05) is 47.6 Å². The second-order valence-corrected chi connectivity index (χ2v) is 11.1.